The monoisotopic (exact) mass is 290 g/mol. The summed E-state index contributed by atoms with van der Waals surface area (Å²) in [5.74, 6) is -0.240. The molecule has 0 atom stereocenters. The average molecular weight is 290 g/mol. The molecule has 104 valence electrons. The Hall–Kier alpha value is -1.80. The molecule has 0 spiro atoms. The minimum Gasteiger partial charge on any atom is -0.312 e. The van der Waals surface area contributed by atoms with Crippen molar-refractivity contribution in [1.82, 2.24) is 25.3 Å². The lowest BCUT2D eigenvalue weighted by Crippen LogP contribution is -2.43. The van der Waals surface area contributed by atoms with Crippen LogP contribution in [0.2, 0.25) is 0 Å². The van der Waals surface area contributed by atoms with Crippen LogP contribution in [-0.4, -0.2) is 39.0 Å². The molecule has 20 heavy (non-hydrogen) atoms. The molecule has 0 saturated carbocycles. The molecule has 0 unspecified atom stereocenters. The molecule has 1 aliphatic heterocycles. The molecular weight excluding hydrogens is 276 g/mol. The molecule has 2 aliphatic rings. The molecule has 1 amide bonds. The van der Waals surface area contributed by atoms with E-state index in [-0.39, 0.29) is 5.91 Å². The van der Waals surface area contributed by atoms with Crippen molar-refractivity contribution in [3.05, 3.63) is 22.5 Å². The van der Waals surface area contributed by atoms with Crippen molar-refractivity contribution in [2.45, 2.75) is 25.3 Å². The summed E-state index contributed by atoms with van der Waals surface area (Å²) in [6.45, 7) is 1.76. The van der Waals surface area contributed by atoms with Crippen LogP contribution >= 0.6 is 11.3 Å². The summed E-state index contributed by atoms with van der Waals surface area (Å²) in [6.07, 6.45) is 4.97. The van der Waals surface area contributed by atoms with Crippen molar-refractivity contribution in [3.8, 4) is 0 Å². The van der Waals surface area contributed by atoms with E-state index in [1.165, 1.54) is 11.3 Å². The normalized spacial score (nSPS) is 17.8. The van der Waals surface area contributed by atoms with E-state index >= 15 is 0 Å². The number of hydrogen-bond acceptors (Lipinski definition) is 6. The second kappa shape index (κ2) is 4.64. The topological polar surface area (TPSA) is 84.7 Å². The molecule has 1 aliphatic carbocycles. The minimum absolute atomic E-state index is 0.240. The van der Waals surface area contributed by atoms with Crippen molar-refractivity contribution in [1.29, 1.82) is 0 Å². The van der Waals surface area contributed by atoms with E-state index in [2.05, 4.69) is 25.9 Å². The Bertz CT molecular complexity index is 637. The van der Waals surface area contributed by atoms with Crippen LogP contribution in [0.1, 0.15) is 33.5 Å². The Kier molecular flexibility index (Phi) is 2.78. The van der Waals surface area contributed by atoms with Crippen LogP contribution in [0.4, 0.5) is 5.13 Å². The molecule has 1 fully saturated rings. The van der Waals surface area contributed by atoms with E-state index in [0.29, 0.717) is 16.9 Å². The number of hydrogen-bond donors (Lipinski definition) is 2. The molecule has 2 N–H and O–H groups in total. The maximum atomic E-state index is 12.1. The predicted molar refractivity (Wildman–Crippen MR) is 74.0 cm³/mol. The molecule has 0 aromatic carbocycles. The van der Waals surface area contributed by atoms with Crippen molar-refractivity contribution in [2.75, 3.05) is 18.4 Å². The smallest absolute Gasteiger partial charge is 0.279 e. The van der Waals surface area contributed by atoms with Gasteiger partial charge in [-0.05, 0) is 19.3 Å². The number of nitrogens with zero attached hydrogens (tertiary/aromatic N) is 4. The number of anilines is 1. The van der Waals surface area contributed by atoms with Gasteiger partial charge in [-0.3, -0.25) is 10.1 Å². The first-order chi connectivity index (χ1) is 9.79. The van der Waals surface area contributed by atoms with Crippen molar-refractivity contribution in [2.24, 2.45) is 0 Å². The lowest BCUT2D eigenvalue weighted by Gasteiger charge is -2.26. The molecule has 8 heteroatoms. The summed E-state index contributed by atoms with van der Waals surface area (Å²) in [5, 5.41) is 14.6. The lowest BCUT2D eigenvalue weighted by molar-refractivity contribution is 0.102. The number of thiazole rings is 1. The zero-order valence-corrected chi connectivity index (χ0v) is 11.6. The Morgan fingerprint density at radius 1 is 1.45 bits per heavy atom. The Morgan fingerprint density at radius 2 is 2.35 bits per heavy atom. The van der Waals surface area contributed by atoms with Gasteiger partial charge in [0.2, 0.25) is 0 Å². The zero-order chi connectivity index (χ0) is 13.5. The van der Waals surface area contributed by atoms with E-state index in [1.54, 1.807) is 22.2 Å². The fraction of sp³-hybridized carbons (Fsp3) is 0.500. The summed E-state index contributed by atoms with van der Waals surface area (Å²) in [6, 6.07) is 0.313. The predicted octanol–water partition coefficient (Wildman–Crippen LogP) is 0.620. The van der Waals surface area contributed by atoms with Gasteiger partial charge in [-0.1, -0.05) is 5.21 Å². The maximum absolute atomic E-state index is 12.1. The first-order valence-corrected chi connectivity index (χ1v) is 7.54. The van der Waals surface area contributed by atoms with E-state index in [9.17, 15) is 4.79 Å². The summed E-state index contributed by atoms with van der Waals surface area (Å²) >= 11 is 1.57. The summed E-state index contributed by atoms with van der Waals surface area (Å²) < 4.78 is 1.74. The molecule has 1 saturated heterocycles. The number of nitrogens with one attached hydrogen (secondary N) is 2. The van der Waals surface area contributed by atoms with E-state index in [4.69, 9.17) is 0 Å². The number of aromatic nitrogens is 4. The molecule has 7 nitrogen and oxygen atoms in total. The number of carbonyl (C=O) groups excluding carboxylic acids is 1. The van der Waals surface area contributed by atoms with Gasteiger partial charge in [0.05, 0.1) is 17.9 Å². The molecule has 0 radical (unpaired) electrons. The van der Waals surface area contributed by atoms with Crippen LogP contribution in [0.5, 0.6) is 0 Å². The zero-order valence-electron chi connectivity index (χ0n) is 10.8. The summed E-state index contributed by atoms with van der Waals surface area (Å²) in [7, 11) is 0. The first kappa shape index (κ1) is 12.0. The quantitative estimate of drug-likeness (QED) is 0.865. The van der Waals surface area contributed by atoms with Gasteiger partial charge in [-0.15, -0.1) is 16.4 Å². The highest BCUT2D eigenvalue weighted by Gasteiger charge is 2.23. The fourth-order valence-electron chi connectivity index (χ4n) is 2.42. The first-order valence-electron chi connectivity index (χ1n) is 6.72. The van der Waals surface area contributed by atoms with Gasteiger partial charge in [0, 0.05) is 18.0 Å². The van der Waals surface area contributed by atoms with Crippen LogP contribution in [0, 0.1) is 0 Å². The van der Waals surface area contributed by atoms with Crippen LogP contribution < -0.4 is 10.6 Å². The molecule has 4 rings (SSSR count). The maximum Gasteiger partial charge on any atom is 0.279 e. The lowest BCUT2D eigenvalue weighted by atomic mass is 10.2. The number of fused-ring (bicyclic) bond motifs is 1. The van der Waals surface area contributed by atoms with Gasteiger partial charge in [0.1, 0.15) is 0 Å². The van der Waals surface area contributed by atoms with Gasteiger partial charge in [-0.2, -0.15) is 0 Å². The SMILES string of the molecule is O=C(Nc1nc2c(s1)CCC2)c1cn(C2CNC2)nn1. The highest BCUT2D eigenvalue weighted by molar-refractivity contribution is 7.15. The van der Waals surface area contributed by atoms with Crippen molar-refractivity contribution < 1.29 is 4.79 Å². The van der Waals surface area contributed by atoms with E-state index in [1.807, 2.05) is 0 Å². The summed E-state index contributed by atoms with van der Waals surface area (Å²) in [5.41, 5.74) is 1.47. The third-order valence-corrected chi connectivity index (χ3v) is 4.77. The highest BCUT2D eigenvalue weighted by atomic mass is 32.1. The second-order valence-corrected chi connectivity index (χ2v) is 6.18. The Labute approximate surface area is 119 Å². The third-order valence-electron chi connectivity index (χ3n) is 3.69. The minimum atomic E-state index is -0.240. The van der Waals surface area contributed by atoms with Crippen LogP contribution in [0.3, 0.4) is 0 Å². The number of amides is 1. The molecule has 2 aromatic rings. The van der Waals surface area contributed by atoms with Gasteiger partial charge >= 0.3 is 0 Å². The molecular formula is C12H14N6OS. The van der Waals surface area contributed by atoms with Crippen LogP contribution in [0.25, 0.3) is 0 Å². The van der Waals surface area contributed by atoms with Gasteiger partial charge in [0.15, 0.2) is 10.8 Å². The third kappa shape index (κ3) is 2.01. The molecule has 0 bridgehead atoms. The standard InChI is InChI=1S/C12H14N6OS/c19-11(9-6-18(17-16-9)7-4-13-5-7)15-12-14-8-2-1-3-10(8)20-12/h6-7,13H,1-5H2,(H,14,15,19). The number of aryl methyl sites for hydroxylation is 2. The van der Waals surface area contributed by atoms with Gasteiger partial charge < -0.3 is 5.32 Å². The van der Waals surface area contributed by atoms with E-state index in [0.717, 1.165) is 31.6 Å². The molecule has 2 aromatic heterocycles. The van der Waals surface area contributed by atoms with Gasteiger partial charge in [0.25, 0.3) is 5.91 Å². The van der Waals surface area contributed by atoms with Crippen LogP contribution in [0.15, 0.2) is 6.20 Å². The molecule has 3 heterocycles. The largest absolute Gasteiger partial charge is 0.312 e. The van der Waals surface area contributed by atoms with Crippen molar-refractivity contribution in [3.63, 3.8) is 0 Å². The second-order valence-electron chi connectivity index (χ2n) is 5.09. The Balaban J connectivity index is 1.47. The Morgan fingerprint density at radius 3 is 3.10 bits per heavy atom. The summed E-state index contributed by atoms with van der Waals surface area (Å²) in [4.78, 5) is 17.9. The van der Waals surface area contributed by atoms with E-state index < -0.39 is 0 Å². The van der Waals surface area contributed by atoms with Crippen LogP contribution in [-0.2, 0) is 12.8 Å². The van der Waals surface area contributed by atoms with Crippen molar-refractivity contribution >= 4 is 22.4 Å². The average Bonchev–Trinajstić information content (AvgIpc) is 3.00. The van der Waals surface area contributed by atoms with Gasteiger partial charge in [-0.25, -0.2) is 9.67 Å². The number of rotatable bonds is 3. The highest BCUT2D eigenvalue weighted by Crippen LogP contribution is 2.30. The fourth-order valence-corrected chi connectivity index (χ4v) is 3.47. The number of carbonyl (C=O) groups is 1.